The zero-order valence-corrected chi connectivity index (χ0v) is 9.72. The molecule has 1 amide bonds. The van der Waals surface area contributed by atoms with Gasteiger partial charge >= 0.3 is 0 Å². The quantitative estimate of drug-likeness (QED) is 0.827. The molecule has 0 bridgehead atoms. The number of nitrogens with zero attached hydrogens (tertiary/aromatic N) is 3. The predicted molar refractivity (Wildman–Crippen MR) is 63.0 cm³/mol. The van der Waals surface area contributed by atoms with Gasteiger partial charge in [-0.05, 0) is 12.1 Å². The molecule has 2 aromatic rings. The van der Waals surface area contributed by atoms with Crippen LogP contribution in [0.5, 0.6) is 0 Å². The summed E-state index contributed by atoms with van der Waals surface area (Å²) in [6, 6.07) is 3.04. The molecular weight excluding hydrogens is 237 g/mol. The molecule has 0 fully saturated rings. The molecule has 0 spiro atoms. The number of amides is 1. The van der Waals surface area contributed by atoms with Crippen LogP contribution in [0.2, 0.25) is 0 Å². The number of rotatable bonds is 3. The van der Waals surface area contributed by atoms with Crippen molar-refractivity contribution in [3.05, 3.63) is 41.6 Å². The van der Waals surface area contributed by atoms with Crippen molar-refractivity contribution in [3.63, 3.8) is 0 Å². The molecule has 0 aliphatic heterocycles. The van der Waals surface area contributed by atoms with E-state index in [1.54, 1.807) is 24.0 Å². The van der Waals surface area contributed by atoms with Crippen LogP contribution in [0.3, 0.4) is 0 Å². The molecule has 0 aromatic carbocycles. The van der Waals surface area contributed by atoms with E-state index in [9.17, 15) is 9.18 Å². The summed E-state index contributed by atoms with van der Waals surface area (Å²) < 4.78 is 15.2. The van der Waals surface area contributed by atoms with Crippen LogP contribution in [0, 0.1) is 5.82 Å². The second-order valence-electron chi connectivity index (χ2n) is 3.69. The van der Waals surface area contributed by atoms with E-state index in [4.69, 9.17) is 5.73 Å². The topological polar surface area (TPSA) is 85.8 Å². The van der Waals surface area contributed by atoms with Crippen molar-refractivity contribution in [2.45, 2.75) is 6.54 Å². The SMILES string of the molecule is Cn1nccc1CNC(=O)c1ccnc(N)c1F. The molecule has 0 radical (unpaired) electrons. The molecular formula is C11H12FN5O. The van der Waals surface area contributed by atoms with Crippen molar-refractivity contribution in [2.24, 2.45) is 7.05 Å². The predicted octanol–water partition coefficient (Wildman–Crippen LogP) is 0.466. The lowest BCUT2D eigenvalue weighted by Crippen LogP contribution is -2.25. The van der Waals surface area contributed by atoms with Crippen LogP contribution in [0.25, 0.3) is 0 Å². The van der Waals surface area contributed by atoms with Gasteiger partial charge in [-0.25, -0.2) is 9.37 Å². The second-order valence-corrected chi connectivity index (χ2v) is 3.69. The molecule has 2 heterocycles. The third-order valence-electron chi connectivity index (χ3n) is 2.51. The van der Waals surface area contributed by atoms with Gasteiger partial charge in [0.2, 0.25) is 0 Å². The van der Waals surface area contributed by atoms with Crippen LogP contribution in [0.4, 0.5) is 10.2 Å². The summed E-state index contributed by atoms with van der Waals surface area (Å²) in [5.41, 5.74) is 5.98. The van der Waals surface area contributed by atoms with E-state index in [0.717, 1.165) is 5.69 Å². The van der Waals surface area contributed by atoms with Crippen molar-refractivity contribution in [3.8, 4) is 0 Å². The summed E-state index contributed by atoms with van der Waals surface area (Å²) in [6.45, 7) is 0.261. The van der Waals surface area contributed by atoms with E-state index >= 15 is 0 Å². The van der Waals surface area contributed by atoms with Gasteiger partial charge in [0.15, 0.2) is 11.6 Å². The molecule has 18 heavy (non-hydrogen) atoms. The number of nitrogen functional groups attached to an aromatic ring is 1. The Bertz CT molecular complexity index is 581. The normalized spacial score (nSPS) is 10.3. The number of nitrogens with one attached hydrogen (secondary N) is 1. The first kappa shape index (κ1) is 12.0. The second kappa shape index (κ2) is 4.82. The summed E-state index contributed by atoms with van der Waals surface area (Å²) in [4.78, 5) is 15.3. The number of nitrogens with two attached hydrogens (primary N) is 1. The fraction of sp³-hybridized carbons (Fsp3) is 0.182. The Labute approximate surface area is 103 Å². The molecule has 6 nitrogen and oxygen atoms in total. The Morgan fingerprint density at radius 1 is 1.50 bits per heavy atom. The number of carbonyl (C=O) groups is 1. The van der Waals surface area contributed by atoms with Crippen LogP contribution in [0.15, 0.2) is 24.5 Å². The van der Waals surface area contributed by atoms with Gasteiger partial charge in [0.25, 0.3) is 5.91 Å². The van der Waals surface area contributed by atoms with Crippen LogP contribution in [0.1, 0.15) is 16.1 Å². The third-order valence-corrected chi connectivity index (χ3v) is 2.51. The highest BCUT2D eigenvalue weighted by molar-refractivity contribution is 5.95. The van der Waals surface area contributed by atoms with Gasteiger partial charge in [-0.3, -0.25) is 9.48 Å². The molecule has 0 unspecified atom stereocenters. The first-order valence-corrected chi connectivity index (χ1v) is 5.24. The molecule has 0 aliphatic carbocycles. The van der Waals surface area contributed by atoms with E-state index in [-0.39, 0.29) is 17.9 Å². The van der Waals surface area contributed by atoms with E-state index in [2.05, 4.69) is 15.4 Å². The molecule has 7 heteroatoms. The number of halogens is 1. The van der Waals surface area contributed by atoms with Crippen molar-refractivity contribution in [1.29, 1.82) is 0 Å². The largest absolute Gasteiger partial charge is 0.381 e. The molecule has 94 valence electrons. The minimum Gasteiger partial charge on any atom is -0.381 e. The van der Waals surface area contributed by atoms with Gasteiger partial charge in [-0.1, -0.05) is 0 Å². The van der Waals surface area contributed by atoms with Crippen LogP contribution >= 0.6 is 0 Å². The molecule has 0 aliphatic rings. The Hall–Kier alpha value is -2.44. The van der Waals surface area contributed by atoms with Gasteiger partial charge in [-0.15, -0.1) is 0 Å². The Morgan fingerprint density at radius 3 is 2.94 bits per heavy atom. The lowest BCUT2D eigenvalue weighted by atomic mass is 10.2. The third kappa shape index (κ3) is 2.29. The summed E-state index contributed by atoms with van der Waals surface area (Å²) in [6.07, 6.45) is 2.91. The van der Waals surface area contributed by atoms with E-state index < -0.39 is 11.7 Å². The lowest BCUT2D eigenvalue weighted by Gasteiger charge is -2.07. The van der Waals surface area contributed by atoms with E-state index in [1.165, 1.54) is 12.3 Å². The van der Waals surface area contributed by atoms with Crippen molar-refractivity contribution >= 4 is 11.7 Å². The summed E-state index contributed by atoms with van der Waals surface area (Å²) in [7, 11) is 1.76. The van der Waals surface area contributed by atoms with Gasteiger partial charge in [-0.2, -0.15) is 5.10 Å². The first-order chi connectivity index (χ1) is 8.59. The van der Waals surface area contributed by atoms with Gasteiger partial charge in [0.1, 0.15) is 0 Å². The van der Waals surface area contributed by atoms with E-state index in [0.29, 0.717) is 0 Å². The average Bonchev–Trinajstić information content (AvgIpc) is 2.75. The molecule has 0 saturated carbocycles. The summed E-state index contributed by atoms with van der Waals surface area (Å²) in [5.74, 6) is -1.63. The van der Waals surface area contributed by atoms with Crippen LogP contribution < -0.4 is 11.1 Å². The fourth-order valence-electron chi connectivity index (χ4n) is 1.48. The number of pyridine rings is 1. The summed E-state index contributed by atoms with van der Waals surface area (Å²) >= 11 is 0. The maximum atomic E-state index is 13.5. The maximum Gasteiger partial charge on any atom is 0.254 e. The number of hydrogen-bond acceptors (Lipinski definition) is 4. The average molecular weight is 249 g/mol. The highest BCUT2D eigenvalue weighted by Crippen LogP contribution is 2.11. The number of aryl methyl sites for hydroxylation is 1. The highest BCUT2D eigenvalue weighted by atomic mass is 19.1. The minimum atomic E-state index is -0.806. The number of anilines is 1. The first-order valence-electron chi connectivity index (χ1n) is 5.24. The monoisotopic (exact) mass is 249 g/mol. The summed E-state index contributed by atoms with van der Waals surface area (Å²) in [5, 5.41) is 6.55. The lowest BCUT2D eigenvalue weighted by molar-refractivity contribution is 0.0946. The van der Waals surface area contributed by atoms with E-state index in [1.807, 2.05) is 0 Å². The molecule has 2 aromatic heterocycles. The van der Waals surface area contributed by atoms with Crippen LogP contribution in [-0.2, 0) is 13.6 Å². The molecule has 0 atom stereocenters. The van der Waals surface area contributed by atoms with Gasteiger partial charge in [0.05, 0.1) is 17.8 Å². The van der Waals surface area contributed by atoms with Crippen molar-refractivity contribution < 1.29 is 9.18 Å². The minimum absolute atomic E-state index is 0.121. The smallest absolute Gasteiger partial charge is 0.254 e. The number of carbonyl (C=O) groups excluding carboxylic acids is 1. The van der Waals surface area contributed by atoms with Crippen molar-refractivity contribution in [1.82, 2.24) is 20.1 Å². The zero-order valence-electron chi connectivity index (χ0n) is 9.72. The van der Waals surface area contributed by atoms with Gasteiger partial charge < -0.3 is 11.1 Å². The number of aromatic nitrogens is 3. The molecule has 2 rings (SSSR count). The van der Waals surface area contributed by atoms with Crippen molar-refractivity contribution in [2.75, 3.05) is 5.73 Å². The molecule has 0 saturated heterocycles. The molecule has 3 N–H and O–H groups in total. The number of hydrogen-bond donors (Lipinski definition) is 2. The van der Waals surface area contributed by atoms with Gasteiger partial charge in [0, 0.05) is 19.4 Å². The standard InChI is InChI=1S/C11H12FN5O/c1-17-7(2-5-16-17)6-15-11(18)8-3-4-14-10(13)9(8)12/h2-5H,6H2,1H3,(H2,13,14)(H,15,18). The highest BCUT2D eigenvalue weighted by Gasteiger charge is 2.14. The Kier molecular flexibility index (Phi) is 3.22. The Morgan fingerprint density at radius 2 is 2.28 bits per heavy atom. The zero-order chi connectivity index (χ0) is 13.1. The Balaban J connectivity index is 2.09. The van der Waals surface area contributed by atoms with Crippen LogP contribution in [-0.4, -0.2) is 20.7 Å². The fourth-order valence-corrected chi connectivity index (χ4v) is 1.48. The maximum absolute atomic E-state index is 13.5.